The second-order valence-corrected chi connectivity index (χ2v) is 4.81. The predicted molar refractivity (Wildman–Crippen MR) is 63.8 cm³/mol. The Bertz CT molecular complexity index is 407. The van der Waals surface area contributed by atoms with E-state index in [1.807, 2.05) is 0 Å². The first-order valence-electron chi connectivity index (χ1n) is 4.31. The van der Waals surface area contributed by atoms with Gasteiger partial charge in [0.05, 0.1) is 12.5 Å². The van der Waals surface area contributed by atoms with Crippen molar-refractivity contribution in [1.29, 1.82) is 0 Å². The number of carboxylic acid groups (broad SMARTS) is 1. The van der Waals surface area contributed by atoms with Crippen molar-refractivity contribution in [2.45, 2.75) is 6.42 Å². The molecule has 0 unspecified atom stereocenters. The molecule has 1 amide bonds. The average Bonchev–Trinajstić information content (AvgIpc) is 2.46. The maximum atomic E-state index is 11.6. The molecule has 0 radical (unpaired) electrons. The van der Waals surface area contributed by atoms with E-state index in [-0.39, 0.29) is 60.6 Å². The fraction of sp³-hybridized carbons (Fsp3) is 0.333. The van der Waals surface area contributed by atoms with Crippen LogP contribution in [-0.4, -0.2) is 33.5 Å². The molecule has 1 saturated heterocycles. The summed E-state index contributed by atoms with van der Waals surface area (Å²) < 4.78 is 0.205. The van der Waals surface area contributed by atoms with Gasteiger partial charge in [0.2, 0.25) is 0 Å². The second kappa shape index (κ2) is 8.85. The molecule has 0 saturated carbocycles. The third-order valence-corrected chi connectivity index (χ3v) is 3.20. The summed E-state index contributed by atoms with van der Waals surface area (Å²) in [5.74, 6) is -1.36. The van der Waals surface area contributed by atoms with Crippen molar-refractivity contribution in [3.63, 3.8) is 0 Å². The number of thiocarbonyl (C=S) groups is 1. The van der Waals surface area contributed by atoms with Crippen LogP contribution < -0.4 is 56.5 Å². The summed E-state index contributed by atoms with van der Waals surface area (Å²) in [4.78, 5) is 23.3. The van der Waals surface area contributed by atoms with Gasteiger partial charge in [-0.1, -0.05) is 12.2 Å². The molecule has 1 fully saturated rings. The van der Waals surface area contributed by atoms with Crippen molar-refractivity contribution in [3.8, 4) is 0 Å². The Morgan fingerprint density at radius 1 is 1.65 bits per heavy atom. The smallest absolute Gasteiger partial charge is 0.548 e. The Morgan fingerprint density at radius 3 is 2.82 bits per heavy atom. The normalized spacial score (nSPS) is 14.4. The Labute approximate surface area is 156 Å². The average molecular weight is 316 g/mol. The number of aliphatic carboxylic acids is 1. The zero-order valence-electron chi connectivity index (χ0n) is 9.07. The van der Waals surface area contributed by atoms with Gasteiger partial charge in [-0.25, -0.2) is 0 Å². The summed E-state index contributed by atoms with van der Waals surface area (Å²) in [5, 5.41) is 10.4. The van der Waals surface area contributed by atoms with Gasteiger partial charge in [-0.05, 0) is 24.3 Å². The molecule has 1 aliphatic rings. The Morgan fingerprint density at radius 2 is 2.29 bits per heavy atom. The topological polar surface area (TPSA) is 60.4 Å². The fourth-order valence-corrected chi connectivity index (χ4v) is 2.25. The van der Waals surface area contributed by atoms with E-state index in [0.717, 1.165) is 16.7 Å². The van der Waals surface area contributed by atoms with E-state index in [4.69, 9.17) is 23.8 Å². The molecule has 8 heteroatoms. The number of nitrogens with zero attached hydrogens (tertiary/aromatic N) is 1. The SMILES string of the molecule is O=C([O-])CN1C(=O)C(=C=CCCCl)SC1=S.[K+]. The first-order valence-corrected chi connectivity index (χ1v) is 6.07. The van der Waals surface area contributed by atoms with Crippen LogP contribution in [0.15, 0.2) is 16.7 Å². The standard InChI is InChI=1S/C9H8ClNO3S2.K/c10-4-2-1-3-6-8(14)11(5-7(12)13)9(15)16-6;/h1H,2,4-5H2,(H,12,13);/q;+1/p-1. The third kappa shape index (κ3) is 5.55. The third-order valence-electron chi connectivity index (χ3n) is 1.62. The summed E-state index contributed by atoms with van der Waals surface area (Å²) in [5.41, 5.74) is 2.74. The van der Waals surface area contributed by atoms with Crippen LogP contribution in [0.4, 0.5) is 0 Å². The van der Waals surface area contributed by atoms with Crippen molar-refractivity contribution in [3.05, 3.63) is 16.7 Å². The minimum Gasteiger partial charge on any atom is -0.548 e. The van der Waals surface area contributed by atoms with Gasteiger partial charge in [0.15, 0.2) is 0 Å². The number of carbonyl (C=O) groups is 2. The number of hydrogen-bond acceptors (Lipinski definition) is 5. The van der Waals surface area contributed by atoms with Crippen LogP contribution in [0, 0.1) is 0 Å². The first kappa shape index (κ1) is 17.8. The Balaban J connectivity index is 0.00000256. The Hall–Kier alpha value is 0.826. The van der Waals surface area contributed by atoms with E-state index < -0.39 is 18.4 Å². The van der Waals surface area contributed by atoms with Crippen LogP contribution in [0.1, 0.15) is 6.42 Å². The molecule has 0 spiro atoms. The zero-order chi connectivity index (χ0) is 12.1. The van der Waals surface area contributed by atoms with E-state index in [1.54, 1.807) is 6.08 Å². The minimum atomic E-state index is -1.35. The van der Waals surface area contributed by atoms with Gasteiger partial charge in [-0.2, -0.15) is 0 Å². The van der Waals surface area contributed by atoms with Crippen molar-refractivity contribution < 1.29 is 66.1 Å². The van der Waals surface area contributed by atoms with Crippen LogP contribution in [0.3, 0.4) is 0 Å². The van der Waals surface area contributed by atoms with Gasteiger partial charge in [-0.3, -0.25) is 9.69 Å². The number of rotatable bonds is 4. The first-order chi connectivity index (χ1) is 7.56. The van der Waals surface area contributed by atoms with Crippen molar-refractivity contribution in [1.82, 2.24) is 4.90 Å². The van der Waals surface area contributed by atoms with Crippen LogP contribution in [0.25, 0.3) is 0 Å². The molecule has 0 atom stereocenters. The molecular formula is C9H7ClKNO3S2. The molecule has 0 aliphatic carbocycles. The molecule has 0 aromatic rings. The monoisotopic (exact) mass is 315 g/mol. The van der Waals surface area contributed by atoms with Gasteiger partial charge in [-0.15, -0.1) is 17.3 Å². The van der Waals surface area contributed by atoms with Crippen molar-refractivity contribution in [2.75, 3.05) is 12.4 Å². The van der Waals surface area contributed by atoms with E-state index in [9.17, 15) is 14.7 Å². The summed E-state index contributed by atoms with van der Waals surface area (Å²) in [6.07, 6.45) is 2.21. The maximum Gasteiger partial charge on any atom is 1.00 e. The number of thioether (sulfide) groups is 1. The number of halogens is 1. The molecular weight excluding hydrogens is 309 g/mol. The fourth-order valence-electron chi connectivity index (χ4n) is 0.968. The number of alkyl halides is 1. The van der Waals surface area contributed by atoms with Gasteiger partial charge >= 0.3 is 51.4 Å². The summed E-state index contributed by atoms with van der Waals surface area (Å²) in [7, 11) is 0. The number of amides is 1. The molecule has 17 heavy (non-hydrogen) atoms. The summed E-state index contributed by atoms with van der Waals surface area (Å²) in [6, 6.07) is 0. The van der Waals surface area contributed by atoms with Crippen LogP contribution in [-0.2, 0) is 9.59 Å². The van der Waals surface area contributed by atoms with E-state index >= 15 is 0 Å². The zero-order valence-corrected chi connectivity index (χ0v) is 14.6. The van der Waals surface area contributed by atoms with Crippen molar-refractivity contribution in [2.24, 2.45) is 0 Å². The van der Waals surface area contributed by atoms with Crippen LogP contribution in [0.5, 0.6) is 0 Å². The van der Waals surface area contributed by atoms with Gasteiger partial charge in [0.1, 0.15) is 9.23 Å². The molecule has 0 bridgehead atoms. The predicted octanol–water partition coefficient (Wildman–Crippen LogP) is -2.73. The van der Waals surface area contributed by atoms with Crippen LogP contribution >= 0.6 is 35.6 Å². The Kier molecular flexibility index (Phi) is 9.28. The largest absolute Gasteiger partial charge is 1.00 e. The van der Waals surface area contributed by atoms with Gasteiger partial charge < -0.3 is 9.90 Å². The molecule has 1 heterocycles. The van der Waals surface area contributed by atoms with E-state index in [2.05, 4.69) is 5.73 Å². The molecule has 0 aromatic heterocycles. The molecule has 86 valence electrons. The molecule has 4 nitrogen and oxygen atoms in total. The molecule has 1 rings (SSSR count). The number of carboxylic acids is 1. The maximum absolute atomic E-state index is 11.6. The van der Waals surface area contributed by atoms with Gasteiger partial charge in [0.25, 0.3) is 5.91 Å². The molecule has 0 aromatic carbocycles. The quantitative estimate of drug-likeness (QED) is 0.185. The molecule has 0 N–H and O–H groups in total. The number of carbonyl (C=O) groups excluding carboxylic acids is 2. The van der Waals surface area contributed by atoms with Gasteiger partial charge in [0, 0.05) is 5.88 Å². The van der Waals surface area contributed by atoms with Crippen molar-refractivity contribution >= 4 is 51.8 Å². The van der Waals surface area contributed by atoms with E-state index in [0.29, 0.717) is 12.3 Å². The van der Waals surface area contributed by atoms with E-state index in [1.165, 1.54) is 0 Å². The summed E-state index contributed by atoms with van der Waals surface area (Å²) in [6.45, 7) is -0.522. The molecule has 1 aliphatic heterocycles. The number of hydrogen-bond donors (Lipinski definition) is 0. The van der Waals surface area contributed by atoms with Crippen LogP contribution in [0.2, 0.25) is 0 Å². The second-order valence-electron chi connectivity index (χ2n) is 2.79. The minimum absolute atomic E-state index is 0. The summed E-state index contributed by atoms with van der Waals surface area (Å²) >= 11 is 11.3.